The van der Waals surface area contributed by atoms with E-state index in [4.69, 9.17) is 9.72 Å². The quantitative estimate of drug-likeness (QED) is 0.161. The Hall–Kier alpha value is -4.80. The molecule has 3 aromatic carbocycles. The molecule has 0 bridgehead atoms. The van der Waals surface area contributed by atoms with Crippen molar-refractivity contribution in [3.05, 3.63) is 118 Å². The third-order valence-corrected chi connectivity index (χ3v) is 7.62. The molecule has 1 atom stereocenters. The summed E-state index contributed by atoms with van der Waals surface area (Å²) in [6.07, 6.45) is 0.574. The third kappa shape index (κ3) is 7.04. The lowest BCUT2D eigenvalue weighted by Gasteiger charge is -2.19. The molecule has 2 aromatic heterocycles. The van der Waals surface area contributed by atoms with E-state index in [-0.39, 0.29) is 29.7 Å². The number of benzene rings is 3. The predicted molar refractivity (Wildman–Crippen MR) is 157 cm³/mol. The number of carbonyl (C=O) groups is 1. The number of rotatable bonds is 12. The largest absolute Gasteiger partial charge is 0.497 e. The van der Waals surface area contributed by atoms with Crippen molar-refractivity contribution in [1.29, 1.82) is 0 Å². The highest BCUT2D eigenvalue weighted by atomic mass is 19.4. The van der Waals surface area contributed by atoms with Gasteiger partial charge in [0.1, 0.15) is 23.2 Å². The summed E-state index contributed by atoms with van der Waals surface area (Å²) in [7, 11) is 1.55. The number of nitrogens with zero attached hydrogens (tertiary/aromatic N) is 3. The number of hydrogen-bond donors (Lipinski definition) is 1. The Bertz CT molecular complexity index is 1800. The van der Waals surface area contributed by atoms with E-state index in [1.807, 2.05) is 0 Å². The molecule has 0 saturated heterocycles. The summed E-state index contributed by atoms with van der Waals surface area (Å²) in [6, 6.07) is 16.6. The zero-order valence-corrected chi connectivity index (χ0v) is 23.9. The van der Waals surface area contributed by atoms with Crippen molar-refractivity contribution in [2.75, 3.05) is 7.11 Å². The van der Waals surface area contributed by atoms with Crippen LogP contribution in [0.4, 0.5) is 17.6 Å². The Labute approximate surface area is 250 Å². The first-order valence-corrected chi connectivity index (χ1v) is 14.1. The van der Waals surface area contributed by atoms with E-state index in [1.165, 1.54) is 4.57 Å². The number of ketones is 1. The van der Waals surface area contributed by atoms with Crippen molar-refractivity contribution in [1.82, 2.24) is 19.5 Å². The number of aryl methyl sites for hydroxylation is 2. The number of alkyl halides is 3. The normalized spacial score (nSPS) is 12.4. The molecule has 0 aliphatic heterocycles. The minimum atomic E-state index is -4.83. The summed E-state index contributed by atoms with van der Waals surface area (Å²) in [5.74, 6) is -1.07. The van der Waals surface area contributed by atoms with Crippen LogP contribution in [0, 0.1) is 11.7 Å². The van der Waals surface area contributed by atoms with Crippen molar-refractivity contribution in [2.24, 2.45) is 5.92 Å². The second kappa shape index (κ2) is 13.2. The molecule has 0 saturated carbocycles. The fourth-order valence-electron chi connectivity index (χ4n) is 5.32. The van der Waals surface area contributed by atoms with E-state index < -0.39 is 23.5 Å². The Morgan fingerprint density at radius 1 is 1.02 bits per heavy atom. The Balaban J connectivity index is 1.43. The van der Waals surface area contributed by atoms with E-state index in [2.05, 4.69) is 9.97 Å². The SMILES string of the molecule is COc1ccc(-n2c(CCC(CCCc3cnc[nH]3)C(=O)Cc3ccc(C(F)(F)F)c(F)c3)nc3ccccc3c2=O)cc1. The van der Waals surface area contributed by atoms with Crippen molar-refractivity contribution in [3.63, 3.8) is 0 Å². The number of imidazole rings is 1. The van der Waals surface area contributed by atoms with Gasteiger partial charge in [-0.2, -0.15) is 13.2 Å². The van der Waals surface area contributed by atoms with Crippen molar-refractivity contribution in [2.45, 2.75) is 44.7 Å². The second-order valence-corrected chi connectivity index (χ2v) is 10.5. The first-order chi connectivity index (χ1) is 21.1. The molecule has 11 heteroatoms. The molecular weight excluding hydrogens is 576 g/mol. The van der Waals surface area contributed by atoms with Gasteiger partial charge in [-0.3, -0.25) is 14.2 Å². The second-order valence-electron chi connectivity index (χ2n) is 10.5. The number of aromatic amines is 1. The zero-order chi connectivity index (χ0) is 31.3. The average molecular weight is 607 g/mol. The van der Waals surface area contributed by atoms with Gasteiger partial charge in [0.25, 0.3) is 5.56 Å². The first-order valence-electron chi connectivity index (χ1n) is 14.1. The van der Waals surface area contributed by atoms with Gasteiger partial charge >= 0.3 is 6.18 Å². The number of aromatic nitrogens is 4. The Morgan fingerprint density at radius 3 is 2.48 bits per heavy atom. The van der Waals surface area contributed by atoms with Crippen LogP contribution in [0.1, 0.15) is 41.9 Å². The highest BCUT2D eigenvalue weighted by molar-refractivity contribution is 5.83. The van der Waals surface area contributed by atoms with Gasteiger partial charge < -0.3 is 9.72 Å². The predicted octanol–water partition coefficient (Wildman–Crippen LogP) is 6.66. The van der Waals surface area contributed by atoms with E-state index >= 15 is 0 Å². The lowest BCUT2D eigenvalue weighted by atomic mass is 9.88. The van der Waals surface area contributed by atoms with Crippen LogP contribution >= 0.6 is 0 Å². The number of H-pyrrole nitrogens is 1. The lowest BCUT2D eigenvalue weighted by molar-refractivity contribution is -0.140. The first kappa shape index (κ1) is 30.7. The summed E-state index contributed by atoms with van der Waals surface area (Å²) in [6.45, 7) is 0. The number of hydrogen-bond acceptors (Lipinski definition) is 5. The van der Waals surface area contributed by atoms with Crippen LogP contribution in [0.25, 0.3) is 16.6 Å². The highest BCUT2D eigenvalue weighted by Crippen LogP contribution is 2.32. The number of nitrogens with one attached hydrogen (secondary N) is 1. The van der Waals surface area contributed by atoms with Gasteiger partial charge in [0.15, 0.2) is 0 Å². The summed E-state index contributed by atoms with van der Waals surface area (Å²) in [5.41, 5.74) is 0.566. The molecule has 5 rings (SSSR count). The van der Waals surface area contributed by atoms with Gasteiger partial charge in [0.05, 0.1) is 35.6 Å². The molecular formula is C33H30F4N4O3. The number of fused-ring (bicyclic) bond motifs is 1. The van der Waals surface area contributed by atoms with E-state index in [1.54, 1.807) is 68.2 Å². The summed E-state index contributed by atoms with van der Waals surface area (Å²) in [5, 5.41) is 0.448. The Morgan fingerprint density at radius 2 is 1.80 bits per heavy atom. The van der Waals surface area contributed by atoms with Gasteiger partial charge in [-0.1, -0.05) is 18.2 Å². The molecule has 228 valence electrons. The number of Topliss-reactive ketones (excluding diaryl/α,β-unsaturated/α-hetero) is 1. The maximum Gasteiger partial charge on any atom is 0.419 e. The topological polar surface area (TPSA) is 89.9 Å². The molecule has 7 nitrogen and oxygen atoms in total. The summed E-state index contributed by atoms with van der Waals surface area (Å²) in [4.78, 5) is 39.0. The number of para-hydroxylation sites is 1. The van der Waals surface area contributed by atoms with Gasteiger partial charge in [-0.25, -0.2) is 14.4 Å². The van der Waals surface area contributed by atoms with Crippen LogP contribution in [0.5, 0.6) is 5.75 Å². The molecule has 1 N–H and O–H groups in total. The third-order valence-electron chi connectivity index (χ3n) is 7.62. The maximum atomic E-state index is 14.3. The van der Waals surface area contributed by atoms with Crippen LogP contribution in [0.3, 0.4) is 0 Å². The summed E-state index contributed by atoms with van der Waals surface area (Å²) < 4.78 is 60.2. The zero-order valence-electron chi connectivity index (χ0n) is 23.9. The van der Waals surface area contributed by atoms with Crippen LogP contribution in [0.15, 0.2) is 84.0 Å². The average Bonchev–Trinajstić information content (AvgIpc) is 3.52. The minimum Gasteiger partial charge on any atom is -0.497 e. The monoisotopic (exact) mass is 606 g/mol. The maximum absolute atomic E-state index is 14.3. The van der Waals surface area contributed by atoms with Crippen molar-refractivity contribution >= 4 is 16.7 Å². The van der Waals surface area contributed by atoms with Gasteiger partial charge in [-0.05, 0) is 79.8 Å². The van der Waals surface area contributed by atoms with Gasteiger partial charge in [0.2, 0.25) is 0 Å². The standard InChI is InChI=1S/C33H30F4N4O3/c1-44-25-13-11-24(12-14-25)41-31(40-29-8-3-2-7-26(29)32(41)43)16-10-22(5-4-6-23-19-38-20-39-23)30(42)18-21-9-15-27(28(34)17-21)33(35,36)37/h2-3,7-9,11-15,17,19-20,22H,4-6,10,16,18H2,1H3,(H,38,39). The number of ether oxygens (including phenoxy) is 1. The van der Waals surface area contributed by atoms with E-state index in [9.17, 15) is 27.2 Å². The molecule has 1 unspecified atom stereocenters. The molecule has 0 aliphatic rings. The molecule has 0 amide bonds. The van der Waals surface area contributed by atoms with Crippen LogP contribution in [0.2, 0.25) is 0 Å². The summed E-state index contributed by atoms with van der Waals surface area (Å²) >= 11 is 0. The van der Waals surface area contributed by atoms with Crippen LogP contribution < -0.4 is 10.3 Å². The molecule has 2 heterocycles. The van der Waals surface area contributed by atoms with Gasteiger partial charge in [-0.15, -0.1) is 0 Å². The molecule has 0 radical (unpaired) electrons. The Kier molecular flexibility index (Phi) is 9.22. The highest BCUT2D eigenvalue weighted by Gasteiger charge is 2.34. The van der Waals surface area contributed by atoms with E-state index in [0.717, 1.165) is 17.8 Å². The fourth-order valence-corrected chi connectivity index (χ4v) is 5.32. The smallest absolute Gasteiger partial charge is 0.419 e. The number of halogens is 4. The molecule has 0 spiro atoms. The molecule has 44 heavy (non-hydrogen) atoms. The van der Waals surface area contributed by atoms with Crippen LogP contribution in [-0.2, 0) is 30.2 Å². The van der Waals surface area contributed by atoms with Crippen LogP contribution in [-0.4, -0.2) is 32.4 Å². The fraction of sp³-hybridized carbons (Fsp3) is 0.273. The minimum absolute atomic E-state index is 0.165. The number of carbonyl (C=O) groups excluding carboxylic acids is 1. The molecule has 5 aromatic rings. The van der Waals surface area contributed by atoms with Crippen molar-refractivity contribution < 1.29 is 27.1 Å². The van der Waals surface area contributed by atoms with Gasteiger partial charge in [0, 0.05) is 30.7 Å². The lowest BCUT2D eigenvalue weighted by Crippen LogP contribution is -2.25. The van der Waals surface area contributed by atoms with E-state index in [0.29, 0.717) is 59.9 Å². The molecule has 0 aliphatic carbocycles. The van der Waals surface area contributed by atoms with Crippen molar-refractivity contribution in [3.8, 4) is 11.4 Å². The molecule has 0 fully saturated rings. The number of methoxy groups -OCH3 is 1.